The Morgan fingerprint density at radius 1 is 1.05 bits per heavy atom. The first kappa shape index (κ1) is 32.1. The van der Waals surface area contributed by atoms with Crippen LogP contribution in [0.4, 0.5) is 0 Å². The molecule has 42 heavy (non-hydrogen) atoms. The first-order valence-corrected chi connectivity index (χ1v) is 17.2. The van der Waals surface area contributed by atoms with Crippen molar-refractivity contribution in [2.75, 3.05) is 7.11 Å². The van der Waals surface area contributed by atoms with Gasteiger partial charge in [-0.15, -0.1) is 11.6 Å². The summed E-state index contributed by atoms with van der Waals surface area (Å²) in [7, 11) is 1.44. The lowest BCUT2D eigenvalue weighted by molar-refractivity contribution is -0.181. The molecule has 0 spiro atoms. The summed E-state index contributed by atoms with van der Waals surface area (Å²) >= 11 is 9.92. The summed E-state index contributed by atoms with van der Waals surface area (Å²) in [5.74, 6) is 0.747. The Morgan fingerprint density at radius 3 is 2.48 bits per heavy atom. The quantitative estimate of drug-likeness (QED) is 0.124. The molecule has 0 unspecified atom stereocenters. The van der Waals surface area contributed by atoms with Gasteiger partial charge in [-0.1, -0.05) is 26.8 Å². The number of hydrogen-bond acceptors (Lipinski definition) is 6. The number of benzene rings is 1. The number of ether oxygens (including phenoxy) is 3. The lowest BCUT2D eigenvalue weighted by Gasteiger charge is -2.63. The van der Waals surface area contributed by atoms with E-state index in [1.165, 1.54) is 14.0 Å². The van der Waals surface area contributed by atoms with Crippen molar-refractivity contribution in [2.45, 2.75) is 109 Å². The maximum absolute atomic E-state index is 13.6. The van der Waals surface area contributed by atoms with Crippen LogP contribution in [0.2, 0.25) is 0 Å². The van der Waals surface area contributed by atoms with Crippen molar-refractivity contribution in [3.05, 3.63) is 33.4 Å². The number of fused-ring (bicyclic) bond motifs is 5. The molecule has 4 aliphatic carbocycles. The van der Waals surface area contributed by atoms with Crippen LogP contribution in [0, 0.1) is 44.0 Å². The Hall–Kier alpha value is -1.35. The van der Waals surface area contributed by atoms with Gasteiger partial charge >= 0.3 is 17.9 Å². The van der Waals surface area contributed by atoms with E-state index in [1.54, 1.807) is 0 Å². The molecular formula is C34H46ClIO6. The second-order valence-electron chi connectivity index (χ2n) is 14.1. The van der Waals surface area contributed by atoms with E-state index in [9.17, 15) is 14.4 Å². The van der Waals surface area contributed by atoms with Crippen LogP contribution >= 0.6 is 34.2 Å². The zero-order valence-electron chi connectivity index (χ0n) is 25.6. The molecule has 10 atom stereocenters. The van der Waals surface area contributed by atoms with Gasteiger partial charge in [0.2, 0.25) is 0 Å². The van der Waals surface area contributed by atoms with E-state index in [4.69, 9.17) is 25.8 Å². The van der Waals surface area contributed by atoms with Gasteiger partial charge in [0.15, 0.2) is 0 Å². The van der Waals surface area contributed by atoms with Crippen LogP contribution in [0.25, 0.3) is 0 Å². The lowest BCUT2D eigenvalue weighted by Crippen LogP contribution is -2.61. The van der Waals surface area contributed by atoms with Crippen molar-refractivity contribution < 1.29 is 28.6 Å². The van der Waals surface area contributed by atoms with Crippen molar-refractivity contribution in [1.29, 1.82) is 0 Å². The summed E-state index contributed by atoms with van der Waals surface area (Å²) in [4.78, 5) is 37.0. The summed E-state index contributed by atoms with van der Waals surface area (Å²) in [6.45, 7) is 8.50. The molecule has 5 rings (SSSR count). The molecule has 1 aromatic carbocycles. The zero-order valence-corrected chi connectivity index (χ0v) is 28.5. The van der Waals surface area contributed by atoms with E-state index in [-0.39, 0.29) is 52.8 Å². The Morgan fingerprint density at radius 2 is 1.79 bits per heavy atom. The SMILES string of the molecule is COC(=O)CC[C@@H](C)[C@@]1(Cl)CC[C@H]2[C@@H]3[C@H](OC(=O)c4cccc(I)c4)C[C@@H]4C[C@H](OC(C)=O)CC[C@]4(C)[C@H]3CC[C@@]21C. The fourth-order valence-corrected chi connectivity index (χ4v) is 10.9. The normalized spacial score (nSPS) is 39.7. The monoisotopic (exact) mass is 712 g/mol. The van der Waals surface area contributed by atoms with Crippen molar-refractivity contribution in [1.82, 2.24) is 0 Å². The topological polar surface area (TPSA) is 78.9 Å². The van der Waals surface area contributed by atoms with Gasteiger partial charge in [-0.25, -0.2) is 4.79 Å². The standard InChI is InChI=1S/C34H46ClIO6/c1-20(9-10-29(38)40-5)34(35)16-13-27-30-26(12-15-33(27,34)4)32(3)14-11-25(41-21(2)37)18-23(32)19-28(30)42-31(39)22-7-6-8-24(36)17-22/h6-8,17,20,23,25-28,30H,9-16,18-19H2,1-5H3/t20-,23+,25-,26+,27+,28-,30-,32+,33+,34+/m1/s1. The minimum atomic E-state index is -0.425. The van der Waals surface area contributed by atoms with Gasteiger partial charge in [0.05, 0.1) is 17.5 Å². The molecule has 0 aliphatic heterocycles. The molecule has 0 amide bonds. The number of rotatable bonds is 7. The van der Waals surface area contributed by atoms with Gasteiger partial charge in [0, 0.05) is 22.8 Å². The Labute approximate surface area is 269 Å². The van der Waals surface area contributed by atoms with Crippen molar-refractivity contribution in [3.8, 4) is 0 Å². The molecule has 8 heteroatoms. The van der Waals surface area contributed by atoms with E-state index in [0.29, 0.717) is 36.2 Å². The van der Waals surface area contributed by atoms with E-state index < -0.39 is 4.87 Å². The Balaban J connectivity index is 1.46. The molecule has 0 aromatic heterocycles. The molecule has 0 bridgehead atoms. The fourth-order valence-electron chi connectivity index (χ4n) is 9.94. The summed E-state index contributed by atoms with van der Waals surface area (Å²) < 4.78 is 18.2. The van der Waals surface area contributed by atoms with Gasteiger partial charge in [0.1, 0.15) is 12.2 Å². The molecule has 4 aliphatic rings. The van der Waals surface area contributed by atoms with E-state index in [1.807, 2.05) is 24.3 Å². The summed E-state index contributed by atoms with van der Waals surface area (Å²) in [5, 5.41) is 0. The van der Waals surface area contributed by atoms with Crippen LogP contribution in [0.3, 0.4) is 0 Å². The maximum atomic E-state index is 13.6. The van der Waals surface area contributed by atoms with Gasteiger partial charge in [0.25, 0.3) is 0 Å². The smallest absolute Gasteiger partial charge is 0.338 e. The van der Waals surface area contributed by atoms with Gasteiger partial charge in [-0.05, 0) is 133 Å². The highest BCUT2D eigenvalue weighted by Crippen LogP contribution is 2.71. The molecule has 0 heterocycles. The average Bonchev–Trinajstić information content (AvgIpc) is 3.23. The van der Waals surface area contributed by atoms with Crippen LogP contribution in [-0.4, -0.2) is 42.1 Å². The number of halogens is 2. The zero-order chi connectivity index (χ0) is 30.4. The number of esters is 3. The van der Waals surface area contributed by atoms with E-state index in [2.05, 4.69) is 43.4 Å². The molecule has 0 saturated heterocycles. The molecule has 1 aromatic rings. The summed E-state index contributed by atoms with van der Waals surface area (Å²) in [5.41, 5.74) is 0.555. The largest absolute Gasteiger partial charge is 0.469 e. The molecule has 232 valence electrons. The maximum Gasteiger partial charge on any atom is 0.338 e. The number of carbonyl (C=O) groups excluding carboxylic acids is 3. The fraction of sp³-hybridized carbons (Fsp3) is 0.735. The Bertz CT molecular complexity index is 1210. The van der Waals surface area contributed by atoms with E-state index in [0.717, 1.165) is 54.9 Å². The minimum Gasteiger partial charge on any atom is -0.469 e. The van der Waals surface area contributed by atoms with Crippen LogP contribution in [0.15, 0.2) is 24.3 Å². The summed E-state index contributed by atoms with van der Waals surface area (Å²) in [6.07, 6.45) is 8.25. The first-order chi connectivity index (χ1) is 19.8. The highest BCUT2D eigenvalue weighted by atomic mass is 127. The highest BCUT2D eigenvalue weighted by molar-refractivity contribution is 14.1. The second-order valence-corrected chi connectivity index (χ2v) is 16.0. The van der Waals surface area contributed by atoms with Crippen LogP contribution in [-0.2, 0) is 23.8 Å². The first-order valence-electron chi connectivity index (χ1n) is 15.7. The highest BCUT2D eigenvalue weighted by Gasteiger charge is 2.68. The number of carbonyl (C=O) groups is 3. The number of hydrogen-bond donors (Lipinski definition) is 0. The molecule has 4 fully saturated rings. The van der Waals surface area contributed by atoms with Gasteiger partial charge in [-0.2, -0.15) is 0 Å². The third-order valence-electron chi connectivity index (χ3n) is 12.2. The molecule has 0 N–H and O–H groups in total. The predicted molar refractivity (Wildman–Crippen MR) is 170 cm³/mol. The third kappa shape index (κ3) is 5.63. The predicted octanol–water partition coefficient (Wildman–Crippen LogP) is 7.97. The molecule has 4 saturated carbocycles. The molecular weight excluding hydrogens is 667 g/mol. The van der Waals surface area contributed by atoms with Crippen LogP contribution in [0.5, 0.6) is 0 Å². The van der Waals surface area contributed by atoms with Gasteiger partial charge < -0.3 is 14.2 Å². The van der Waals surface area contributed by atoms with Crippen LogP contribution in [0.1, 0.15) is 102 Å². The minimum absolute atomic E-state index is 0.0735. The second kappa shape index (κ2) is 12.2. The molecule has 6 nitrogen and oxygen atoms in total. The number of alkyl halides is 1. The third-order valence-corrected chi connectivity index (χ3v) is 13.9. The summed E-state index contributed by atoms with van der Waals surface area (Å²) in [6, 6.07) is 7.59. The molecule has 0 radical (unpaired) electrons. The van der Waals surface area contributed by atoms with E-state index >= 15 is 0 Å². The van der Waals surface area contributed by atoms with Crippen molar-refractivity contribution in [3.63, 3.8) is 0 Å². The van der Waals surface area contributed by atoms with Crippen molar-refractivity contribution in [2.24, 2.45) is 40.4 Å². The number of methoxy groups -OCH3 is 1. The van der Waals surface area contributed by atoms with Crippen LogP contribution < -0.4 is 0 Å². The lowest BCUT2D eigenvalue weighted by atomic mass is 9.43. The van der Waals surface area contributed by atoms with Gasteiger partial charge in [-0.3, -0.25) is 9.59 Å². The average molecular weight is 713 g/mol. The van der Waals surface area contributed by atoms with Crippen molar-refractivity contribution >= 4 is 52.1 Å². The Kier molecular flexibility index (Phi) is 9.32.